The molecule has 0 radical (unpaired) electrons. The first-order chi connectivity index (χ1) is 16.0. The number of anilines is 1. The van der Waals surface area contributed by atoms with E-state index in [0.717, 1.165) is 40.8 Å². The molecule has 0 aromatic carbocycles. The van der Waals surface area contributed by atoms with E-state index in [9.17, 15) is 4.79 Å². The van der Waals surface area contributed by atoms with Crippen LogP contribution in [0.4, 0.5) is 5.82 Å². The first-order valence-corrected chi connectivity index (χ1v) is 11.3. The van der Waals surface area contributed by atoms with Crippen LogP contribution in [-0.4, -0.2) is 38.2 Å². The minimum atomic E-state index is -0.456. The SMILES string of the molecule is Cc1ccc(C(C)CNC(C(=O)Nc2ccc(-c3cnn(C)c3)cn2)C2=CCCC=C2)cn1. The van der Waals surface area contributed by atoms with Gasteiger partial charge in [-0.1, -0.05) is 31.2 Å². The van der Waals surface area contributed by atoms with Crippen molar-refractivity contribution in [1.82, 2.24) is 25.1 Å². The van der Waals surface area contributed by atoms with Gasteiger partial charge in [0.15, 0.2) is 0 Å². The van der Waals surface area contributed by atoms with E-state index in [2.05, 4.69) is 50.8 Å². The first kappa shape index (κ1) is 22.6. The van der Waals surface area contributed by atoms with Gasteiger partial charge in [-0.15, -0.1) is 0 Å². The minimum absolute atomic E-state index is 0.122. The average Bonchev–Trinajstić information content (AvgIpc) is 3.27. The van der Waals surface area contributed by atoms with Crippen LogP contribution in [0.5, 0.6) is 0 Å². The molecule has 0 fully saturated rings. The molecular formula is C26H30N6O. The van der Waals surface area contributed by atoms with E-state index < -0.39 is 6.04 Å². The van der Waals surface area contributed by atoms with Gasteiger partial charge in [-0.2, -0.15) is 5.10 Å². The third-order valence-electron chi connectivity index (χ3n) is 5.80. The molecule has 3 aromatic rings. The zero-order valence-corrected chi connectivity index (χ0v) is 19.3. The Morgan fingerprint density at radius 2 is 1.97 bits per heavy atom. The first-order valence-electron chi connectivity index (χ1n) is 11.3. The lowest BCUT2D eigenvalue weighted by Crippen LogP contribution is -2.43. The fourth-order valence-corrected chi connectivity index (χ4v) is 3.80. The summed E-state index contributed by atoms with van der Waals surface area (Å²) in [5.74, 6) is 0.623. The Balaban J connectivity index is 1.45. The van der Waals surface area contributed by atoms with Gasteiger partial charge in [0.25, 0.3) is 0 Å². The highest BCUT2D eigenvalue weighted by molar-refractivity contribution is 5.96. The second-order valence-corrected chi connectivity index (χ2v) is 8.48. The summed E-state index contributed by atoms with van der Waals surface area (Å²) in [5, 5.41) is 10.6. The largest absolute Gasteiger partial charge is 0.309 e. The lowest BCUT2D eigenvalue weighted by atomic mass is 9.97. The van der Waals surface area contributed by atoms with Gasteiger partial charge < -0.3 is 10.6 Å². The normalized spacial score (nSPS) is 15.1. The van der Waals surface area contributed by atoms with Crippen molar-refractivity contribution >= 4 is 11.7 Å². The maximum atomic E-state index is 13.2. The number of allylic oxidation sites excluding steroid dienone is 2. The van der Waals surface area contributed by atoms with Crippen LogP contribution in [0.2, 0.25) is 0 Å². The van der Waals surface area contributed by atoms with Gasteiger partial charge in [0.2, 0.25) is 5.91 Å². The van der Waals surface area contributed by atoms with E-state index in [1.54, 1.807) is 17.1 Å². The van der Waals surface area contributed by atoms with Crippen molar-refractivity contribution in [2.45, 2.75) is 38.6 Å². The molecule has 1 aliphatic rings. The third kappa shape index (κ3) is 5.81. The van der Waals surface area contributed by atoms with Gasteiger partial charge in [-0.25, -0.2) is 4.98 Å². The number of hydrogen-bond donors (Lipinski definition) is 2. The molecule has 2 unspecified atom stereocenters. The number of hydrogen-bond acceptors (Lipinski definition) is 5. The van der Waals surface area contributed by atoms with E-state index in [4.69, 9.17) is 0 Å². The fourth-order valence-electron chi connectivity index (χ4n) is 3.80. The van der Waals surface area contributed by atoms with Gasteiger partial charge >= 0.3 is 0 Å². The summed E-state index contributed by atoms with van der Waals surface area (Å²) in [7, 11) is 1.88. The molecule has 0 saturated carbocycles. The number of nitrogens with one attached hydrogen (secondary N) is 2. The quantitative estimate of drug-likeness (QED) is 0.547. The summed E-state index contributed by atoms with van der Waals surface area (Å²) in [4.78, 5) is 22.1. The van der Waals surface area contributed by atoms with Crippen LogP contribution in [0.15, 0.2) is 72.9 Å². The van der Waals surface area contributed by atoms with Crippen LogP contribution in [0.25, 0.3) is 11.1 Å². The van der Waals surface area contributed by atoms with E-state index >= 15 is 0 Å². The average molecular weight is 443 g/mol. The Hall–Kier alpha value is -3.58. The van der Waals surface area contributed by atoms with E-state index in [-0.39, 0.29) is 11.8 Å². The van der Waals surface area contributed by atoms with Crippen LogP contribution in [0, 0.1) is 6.92 Å². The zero-order chi connectivity index (χ0) is 23.2. The number of rotatable bonds is 8. The highest BCUT2D eigenvalue weighted by Crippen LogP contribution is 2.20. The molecule has 0 spiro atoms. The number of carbonyl (C=O) groups excluding carboxylic acids is 1. The van der Waals surface area contributed by atoms with Crippen molar-refractivity contribution in [2.75, 3.05) is 11.9 Å². The molecular weight excluding hydrogens is 412 g/mol. The van der Waals surface area contributed by atoms with E-state index in [1.165, 1.54) is 0 Å². The molecule has 1 amide bonds. The van der Waals surface area contributed by atoms with Crippen LogP contribution in [0.3, 0.4) is 0 Å². The van der Waals surface area contributed by atoms with Crippen LogP contribution in [0.1, 0.15) is 36.9 Å². The summed E-state index contributed by atoms with van der Waals surface area (Å²) in [6, 6.07) is 7.42. The van der Waals surface area contributed by atoms with Crippen molar-refractivity contribution in [3.8, 4) is 11.1 Å². The van der Waals surface area contributed by atoms with Crippen LogP contribution in [-0.2, 0) is 11.8 Å². The Morgan fingerprint density at radius 1 is 1.09 bits per heavy atom. The smallest absolute Gasteiger partial charge is 0.247 e. The molecule has 7 heteroatoms. The lowest BCUT2D eigenvalue weighted by Gasteiger charge is -2.23. The number of aromatic nitrogens is 4. The minimum Gasteiger partial charge on any atom is -0.309 e. The van der Waals surface area contributed by atoms with Gasteiger partial charge in [0.05, 0.1) is 6.20 Å². The maximum absolute atomic E-state index is 13.2. The van der Waals surface area contributed by atoms with Gasteiger partial charge in [0, 0.05) is 49.0 Å². The third-order valence-corrected chi connectivity index (χ3v) is 5.80. The Kier molecular flexibility index (Phi) is 7.10. The monoisotopic (exact) mass is 442 g/mol. The molecule has 2 N–H and O–H groups in total. The number of pyridine rings is 2. The second-order valence-electron chi connectivity index (χ2n) is 8.48. The Labute approximate surface area is 194 Å². The summed E-state index contributed by atoms with van der Waals surface area (Å²) in [6.07, 6.45) is 15.6. The molecule has 3 aromatic heterocycles. The molecule has 0 saturated heterocycles. The molecule has 4 rings (SSSR count). The Bertz CT molecular complexity index is 1140. The summed E-state index contributed by atoms with van der Waals surface area (Å²) < 4.78 is 1.75. The number of aryl methyl sites for hydroxylation is 2. The molecule has 1 aliphatic carbocycles. The summed E-state index contributed by atoms with van der Waals surface area (Å²) >= 11 is 0. The van der Waals surface area contributed by atoms with Crippen molar-refractivity contribution in [3.05, 3.63) is 84.1 Å². The highest BCUT2D eigenvalue weighted by Gasteiger charge is 2.23. The predicted molar refractivity (Wildman–Crippen MR) is 131 cm³/mol. The van der Waals surface area contributed by atoms with Crippen molar-refractivity contribution < 1.29 is 4.79 Å². The predicted octanol–water partition coefficient (Wildman–Crippen LogP) is 4.16. The van der Waals surface area contributed by atoms with Gasteiger partial charge in [-0.3, -0.25) is 14.5 Å². The van der Waals surface area contributed by atoms with Crippen molar-refractivity contribution in [2.24, 2.45) is 7.05 Å². The fraction of sp³-hybridized carbons (Fsp3) is 0.308. The van der Waals surface area contributed by atoms with Crippen LogP contribution >= 0.6 is 0 Å². The molecule has 0 aliphatic heterocycles. The summed E-state index contributed by atoms with van der Waals surface area (Å²) in [6.45, 7) is 4.77. The standard InChI is InChI=1S/C26H30N6O/c1-18(21-10-9-19(2)27-14-21)13-29-25(20-7-5-4-6-8-20)26(33)31-24-12-11-22(15-28-24)23-16-30-32(3)17-23/h5,7-12,14-18,25,29H,4,6,13H2,1-3H3,(H,28,31,33). The van der Waals surface area contributed by atoms with Crippen molar-refractivity contribution in [1.29, 1.82) is 0 Å². The molecule has 7 nitrogen and oxygen atoms in total. The molecule has 170 valence electrons. The van der Waals surface area contributed by atoms with E-state index in [1.807, 2.05) is 50.6 Å². The lowest BCUT2D eigenvalue weighted by molar-refractivity contribution is -0.117. The van der Waals surface area contributed by atoms with Gasteiger partial charge in [0.1, 0.15) is 11.9 Å². The Morgan fingerprint density at radius 3 is 2.61 bits per heavy atom. The molecule has 33 heavy (non-hydrogen) atoms. The molecule has 0 bridgehead atoms. The zero-order valence-electron chi connectivity index (χ0n) is 19.3. The van der Waals surface area contributed by atoms with E-state index in [0.29, 0.717) is 12.4 Å². The molecule has 3 heterocycles. The van der Waals surface area contributed by atoms with Gasteiger partial charge in [-0.05, 0) is 55.0 Å². The second kappa shape index (κ2) is 10.4. The topological polar surface area (TPSA) is 84.7 Å². The highest BCUT2D eigenvalue weighted by atomic mass is 16.2. The van der Waals surface area contributed by atoms with Crippen LogP contribution < -0.4 is 10.6 Å². The summed E-state index contributed by atoms with van der Waals surface area (Å²) in [5.41, 5.74) is 5.07. The van der Waals surface area contributed by atoms with Crippen molar-refractivity contribution in [3.63, 3.8) is 0 Å². The number of amides is 1. The maximum Gasteiger partial charge on any atom is 0.247 e. The number of carbonyl (C=O) groups is 1. The molecule has 2 atom stereocenters. The number of nitrogens with zero attached hydrogens (tertiary/aromatic N) is 4.